The summed E-state index contributed by atoms with van der Waals surface area (Å²) in [5.41, 5.74) is 1.19. The van der Waals surface area contributed by atoms with Crippen molar-refractivity contribution in [1.29, 1.82) is 0 Å². The van der Waals surface area contributed by atoms with Gasteiger partial charge in [-0.05, 0) is 43.5 Å². The predicted molar refractivity (Wildman–Crippen MR) is 86.2 cm³/mol. The zero-order valence-corrected chi connectivity index (χ0v) is 13.9. The van der Waals surface area contributed by atoms with Crippen LogP contribution in [0, 0.1) is 5.92 Å². The van der Waals surface area contributed by atoms with Gasteiger partial charge in [0.1, 0.15) is 0 Å². The Kier molecular flexibility index (Phi) is 8.16. The van der Waals surface area contributed by atoms with Crippen molar-refractivity contribution in [1.82, 2.24) is 5.32 Å². The molecule has 1 atom stereocenters. The molecule has 1 N–H and O–H groups in total. The minimum Gasteiger partial charge on any atom is -0.493 e. The van der Waals surface area contributed by atoms with Crippen LogP contribution in [0.5, 0.6) is 11.5 Å². The maximum atomic E-state index is 5.57. The third kappa shape index (κ3) is 6.36. The van der Waals surface area contributed by atoms with Gasteiger partial charge in [0.25, 0.3) is 0 Å². The molecule has 1 rings (SSSR count). The maximum Gasteiger partial charge on any atom is 0.161 e. The topological polar surface area (TPSA) is 39.7 Å². The van der Waals surface area contributed by atoms with E-state index in [2.05, 4.69) is 32.2 Å². The summed E-state index contributed by atoms with van der Waals surface area (Å²) >= 11 is 0. The fourth-order valence-corrected chi connectivity index (χ4v) is 2.05. The van der Waals surface area contributed by atoms with Crippen LogP contribution in [0.15, 0.2) is 18.2 Å². The van der Waals surface area contributed by atoms with Crippen LogP contribution in [-0.4, -0.2) is 34.0 Å². The fourth-order valence-electron chi connectivity index (χ4n) is 2.05. The van der Waals surface area contributed by atoms with Crippen LogP contribution >= 0.6 is 0 Å². The first-order valence-corrected chi connectivity index (χ1v) is 7.61. The summed E-state index contributed by atoms with van der Waals surface area (Å²) in [7, 11) is 3.31. The molecule has 0 aliphatic carbocycles. The van der Waals surface area contributed by atoms with E-state index in [0.717, 1.165) is 37.7 Å². The molecule has 0 aliphatic rings. The van der Waals surface area contributed by atoms with Crippen LogP contribution in [0.2, 0.25) is 0 Å². The molecule has 0 spiro atoms. The molecule has 1 aromatic rings. The second-order valence-corrected chi connectivity index (χ2v) is 5.61. The Morgan fingerprint density at radius 3 is 2.38 bits per heavy atom. The van der Waals surface area contributed by atoms with E-state index in [1.54, 1.807) is 14.2 Å². The standard InChI is InChI=1S/C17H29NO3/c1-13(2)12-21-10-6-9-18-14(3)15-7-8-16(19-4)17(11-15)20-5/h7-8,11,13-14,18H,6,9-10,12H2,1-5H3. The fraction of sp³-hybridized carbons (Fsp3) is 0.647. The van der Waals surface area contributed by atoms with Crippen molar-refractivity contribution in [3.63, 3.8) is 0 Å². The van der Waals surface area contributed by atoms with Gasteiger partial charge in [0, 0.05) is 19.3 Å². The monoisotopic (exact) mass is 295 g/mol. The molecule has 0 bridgehead atoms. The Morgan fingerprint density at radius 2 is 1.76 bits per heavy atom. The molecule has 0 radical (unpaired) electrons. The van der Waals surface area contributed by atoms with E-state index >= 15 is 0 Å². The number of hydrogen-bond donors (Lipinski definition) is 1. The number of nitrogens with one attached hydrogen (secondary N) is 1. The lowest BCUT2D eigenvalue weighted by molar-refractivity contribution is 0.107. The average Bonchev–Trinajstić information content (AvgIpc) is 2.49. The highest BCUT2D eigenvalue weighted by atomic mass is 16.5. The minimum atomic E-state index is 0.273. The highest BCUT2D eigenvalue weighted by molar-refractivity contribution is 5.43. The molecular formula is C17H29NO3. The van der Waals surface area contributed by atoms with Crippen molar-refractivity contribution in [2.45, 2.75) is 33.2 Å². The molecule has 0 fully saturated rings. The Bertz CT molecular complexity index is 407. The first kappa shape index (κ1) is 17.8. The average molecular weight is 295 g/mol. The zero-order valence-electron chi connectivity index (χ0n) is 13.9. The van der Waals surface area contributed by atoms with E-state index in [9.17, 15) is 0 Å². The number of rotatable bonds is 10. The molecule has 0 amide bonds. The van der Waals surface area contributed by atoms with Gasteiger partial charge in [-0.2, -0.15) is 0 Å². The Morgan fingerprint density at radius 1 is 1.05 bits per heavy atom. The van der Waals surface area contributed by atoms with E-state index in [0.29, 0.717) is 5.92 Å². The van der Waals surface area contributed by atoms with Gasteiger partial charge in [0.2, 0.25) is 0 Å². The molecule has 0 aromatic heterocycles. The largest absolute Gasteiger partial charge is 0.493 e. The number of benzene rings is 1. The van der Waals surface area contributed by atoms with Crippen LogP contribution in [-0.2, 0) is 4.74 Å². The Labute approximate surface area is 128 Å². The van der Waals surface area contributed by atoms with Crippen molar-refractivity contribution >= 4 is 0 Å². The van der Waals surface area contributed by atoms with Crippen molar-refractivity contribution in [3.05, 3.63) is 23.8 Å². The smallest absolute Gasteiger partial charge is 0.161 e. The molecule has 1 aromatic carbocycles. The quantitative estimate of drug-likeness (QED) is 0.671. The molecule has 4 nitrogen and oxygen atoms in total. The van der Waals surface area contributed by atoms with Gasteiger partial charge in [-0.1, -0.05) is 19.9 Å². The zero-order chi connectivity index (χ0) is 15.7. The summed E-state index contributed by atoms with van der Waals surface area (Å²) in [5.74, 6) is 2.13. The van der Waals surface area contributed by atoms with Crippen LogP contribution in [0.1, 0.15) is 38.8 Å². The second-order valence-electron chi connectivity index (χ2n) is 5.61. The first-order valence-electron chi connectivity index (χ1n) is 7.61. The van der Waals surface area contributed by atoms with Crippen molar-refractivity contribution in [3.8, 4) is 11.5 Å². The molecule has 0 aliphatic heterocycles. The lowest BCUT2D eigenvalue weighted by atomic mass is 10.1. The first-order chi connectivity index (χ1) is 10.1. The molecular weight excluding hydrogens is 266 g/mol. The van der Waals surface area contributed by atoms with Gasteiger partial charge < -0.3 is 19.5 Å². The molecule has 4 heteroatoms. The Balaban J connectivity index is 2.36. The van der Waals surface area contributed by atoms with Crippen molar-refractivity contribution in [2.75, 3.05) is 34.0 Å². The summed E-state index contributed by atoms with van der Waals surface area (Å²) in [6, 6.07) is 6.30. The van der Waals surface area contributed by atoms with Crippen LogP contribution in [0.4, 0.5) is 0 Å². The predicted octanol–water partition coefficient (Wildman–Crippen LogP) is 3.42. The number of hydrogen-bond acceptors (Lipinski definition) is 4. The van der Waals surface area contributed by atoms with Gasteiger partial charge in [0.05, 0.1) is 14.2 Å². The van der Waals surface area contributed by atoms with E-state index < -0.39 is 0 Å². The van der Waals surface area contributed by atoms with Crippen molar-refractivity contribution in [2.24, 2.45) is 5.92 Å². The van der Waals surface area contributed by atoms with E-state index in [1.807, 2.05) is 12.1 Å². The highest BCUT2D eigenvalue weighted by Crippen LogP contribution is 2.29. The normalized spacial score (nSPS) is 12.5. The van der Waals surface area contributed by atoms with Crippen molar-refractivity contribution < 1.29 is 14.2 Å². The van der Waals surface area contributed by atoms with Gasteiger partial charge >= 0.3 is 0 Å². The maximum absolute atomic E-state index is 5.57. The van der Waals surface area contributed by atoms with Crippen LogP contribution in [0.3, 0.4) is 0 Å². The summed E-state index contributed by atoms with van der Waals surface area (Å²) in [6.07, 6.45) is 1.02. The van der Waals surface area contributed by atoms with E-state index in [-0.39, 0.29) is 6.04 Å². The van der Waals surface area contributed by atoms with Gasteiger partial charge in [-0.25, -0.2) is 0 Å². The SMILES string of the molecule is COc1ccc(C(C)NCCCOCC(C)C)cc1OC. The van der Waals surface area contributed by atoms with E-state index in [1.165, 1.54) is 5.56 Å². The second kappa shape index (κ2) is 9.64. The van der Waals surface area contributed by atoms with Gasteiger partial charge in [-0.3, -0.25) is 0 Å². The lowest BCUT2D eigenvalue weighted by Gasteiger charge is -2.16. The summed E-state index contributed by atoms with van der Waals surface area (Å²) < 4.78 is 16.2. The van der Waals surface area contributed by atoms with Crippen LogP contribution < -0.4 is 14.8 Å². The highest BCUT2D eigenvalue weighted by Gasteiger charge is 2.09. The molecule has 0 saturated heterocycles. The van der Waals surface area contributed by atoms with Gasteiger partial charge in [-0.15, -0.1) is 0 Å². The molecule has 1 unspecified atom stereocenters. The molecule has 21 heavy (non-hydrogen) atoms. The lowest BCUT2D eigenvalue weighted by Crippen LogP contribution is -2.21. The molecule has 120 valence electrons. The summed E-state index contributed by atoms with van der Waals surface area (Å²) in [6.45, 7) is 9.06. The van der Waals surface area contributed by atoms with Gasteiger partial charge in [0.15, 0.2) is 11.5 Å². The third-order valence-corrected chi connectivity index (χ3v) is 3.27. The number of ether oxygens (including phenoxy) is 3. The minimum absolute atomic E-state index is 0.273. The number of methoxy groups -OCH3 is 2. The van der Waals surface area contributed by atoms with Crippen LogP contribution in [0.25, 0.3) is 0 Å². The summed E-state index contributed by atoms with van der Waals surface area (Å²) in [5, 5.41) is 3.50. The molecule has 0 heterocycles. The Hall–Kier alpha value is -1.26. The van der Waals surface area contributed by atoms with E-state index in [4.69, 9.17) is 14.2 Å². The third-order valence-electron chi connectivity index (χ3n) is 3.27. The summed E-state index contributed by atoms with van der Waals surface area (Å²) in [4.78, 5) is 0. The molecule has 0 saturated carbocycles.